The van der Waals surface area contributed by atoms with E-state index in [9.17, 15) is 0 Å². The Balaban J connectivity index is 1.24. The van der Waals surface area contributed by atoms with Crippen LogP contribution in [0.1, 0.15) is 12.8 Å². The van der Waals surface area contributed by atoms with Gasteiger partial charge in [-0.15, -0.1) is 0 Å². The second kappa shape index (κ2) is 8.12. The van der Waals surface area contributed by atoms with Crippen molar-refractivity contribution in [1.82, 2.24) is 35.0 Å². The normalized spacial score (nSPS) is 16.4. The van der Waals surface area contributed by atoms with Gasteiger partial charge in [0.15, 0.2) is 28.9 Å². The Labute approximate surface area is 184 Å². The maximum atomic E-state index is 5.83. The largest absolute Gasteiger partial charge is 0.487 e. The Morgan fingerprint density at radius 2 is 2.06 bits per heavy atom. The van der Waals surface area contributed by atoms with E-state index >= 15 is 0 Å². The van der Waals surface area contributed by atoms with Crippen LogP contribution < -0.4 is 20.7 Å². The van der Waals surface area contributed by atoms with E-state index in [1.54, 1.807) is 12.4 Å². The number of aromatic nitrogens is 6. The smallest absolute Gasteiger partial charge is 0.171 e. The fourth-order valence-electron chi connectivity index (χ4n) is 4.41. The summed E-state index contributed by atoms with van der Waals surface area (Å²) >= 11 is 0. The van der Waals surface area contributed by atoms with E-state index in [0.29, 0.717) is 24.2 Å². The number of pyridine rings is 1. The molecule has 6 rings (SSSR count). The second-order valence-electron chi connectivity index (χ2n) is 8.23. The number of nitrogens with one attached hydrogen (secondary N) is 4. The molecule has 0 aliphatic carbocycles. The van der Waals surface area contributed by atoms with Gasteiger partial charge in [0.1, 0.15) is 12.1 Å². The second-order valence-corrected chi connectivity index (χ2v) is 8.23. The highest BCUT2D eigenvalue weighted by atomic mass is 16.5. The fourth-order valence-corrected chi connectivity index (χ4v) is 4.41. The molecule has 10 nitrogen and oxygen atoms in total. The lowest BCUT2D eigenvalue weighted by atomic mass is 9.98. The van der Waals surface area contributed by atoms with Crippen LogP contribution in [0.4, 0.5) is 17.5 Å². The van der Waals surface area contributed by atoms with Gasteiger partial charge in [-0.05, 0) is 44.0 Å². The predicted molar refractivity (Wildman–Crippen MR) is 122 cm³/mol. The molecular formula is C22H25N9O. The maximum absolute atomic E-state index is 5.83. The molecule has 0 amide bonds. The highest BCUT2D eigenvalue weighted by Crippen LogP contribution is 2.36. The minimum atomic E-state index is 0.609. The van der Waals surface area contributed by atoms with Gasteiger partial charge < -0.3 is 25.3 Å². The summed E-state index contributed by atoms with van der Waals surface area (Å²) < 4.78 is 8.04. The van der Waals surface area contributed by atoms with Gasteiger partial charge >= 0.3 is 0 Å². The van der Waals surface area contributed by atoms with Crippen molar-refractivity contribution >= 4 is 28.6 Å². The maximum Gasteiger partial charge on any atom is 0.171 e. The molecule has 1 saturated heterocycles. The van der Waals surface area contributed by atoms with Gasteiger partial charge in [0.05, 0.1) is 18.4 Å². The number of hydrogen-bond acceptors (Lipinski definition) is 8. The monoisotopic (exact) mass is 431 g/mol. The summed E-state index contributed by atoms with van der Waals surface area (Å²) in [6.45, 7) is 4.51. The summed E-state index contributed by atoms with van der Waals surface area (Å²) in [6, 6.07) is 5.89. The third-order valence-electron chi connectivity index (χ3n) is 6.05. The molecule has 0 bridgehead atoms. The first-order valence-electron chi connectivity index (χ1n) is 11.0. The molecule has 2 aliphatic heterocycles. The van der Waals surface area contributed by atoms with E-state index in [1.807, 2.05) is 18.2 Å². The molecule has 6 heterocycles. The number of fused-ring (bicyclic) bond motifs is 2. The zero-order valence-corrected chi connectivity index (χ0v) is 17.6. The Morgan fingerprint density at radius 3 is 3.00 bits per heavy atom. The van der Waals surface area contributed by atoms with Crippen LogP contribution in [0, 0.1) is 5.92 Å². The average molecular weight is 432 g/mol. The highest BCUT2D eigenvalue weighted by molar-refractivity contribution is 5.77. The van der Waals surface area contributed by atoms with Crippen molar-refractivity contribution in [2.24, 2.45) is 5.92 Å². The third-order valence-corrected chi connectivity index (χ3v) is 6.05. The van der Waals surface area contributed by atoms with Crippen LogP contribution in [0.5, 0.6) is 5.75 Å². The number of hydrogen-bond donors (Lipinski definition) is 4. The molecule has 0 spiro atoms. The van der Waals surface area contributed by atoms with Gasteiger partial charge in [-0.1, -0.05) is 0 Å². The first-order chi connectivity index (χ1) is 15.8. The zero-order valence-electron chi connectivity index (χ0n) is 17.6. The average Bonchev–Trinajstić information content (AvgIpc) is 3.46. The molecule has 0 aromatic carbocycles. The molecule has 10 heteroatoms. The quantitative estimate of drug-likeness (QED) is 0.381. The van der Waals surface area contributed by atoms with Gasteiger partial charge in [-0.2, -0.15) is 5.10 Å². The number of rotatable bonds is 5. The van der Waals surface area contributed by atoms with E-state index in [2.05, 4.69) is 46.9 Å². The number of ether oxygens (including phenoxy) is 1. The van der Waals surface area contributed by atoms with Crippen molar-refractivity contribution in [2.75, 3.05) is 36.9 Å². The number of aromatic amines is 1. The molecule has 4 aromatic rings. The van der Waals surface area contributed by atoms with Crippen LogP contribution in [0.15, 0.2) is 36.8 Å². The lowest BCUT2D eigenvalue weighted by Crippen LogP contribution is -2.29. The number of anilines is 3. The Bertz CT molecular complexity index is 1240. The van der Waals surface area contributed by atoms with Crippen molar-refractivity contribution in [3.05, 3.63) is 36.8 Å². The van der Waals surface area contributed by atoms with E-state index < -0.39 is 0 Å². The molecule has 0 saturated carbocycles. The van der Waals surface area contributed by atoms with Crippen LogP contribution in [0.2, 0.25) is 0 Å². The molecular weight excluding hydrogens is 406 g/mol. The standard InChI is InChI=1S/C22H25N9O/c1-5-23-6-2-14(1)13-31-9-4-16-22(31)28-19(12-26-16)27-18-11-17(29-30-18)15-3-7-24-21-20(15)32-10-8-25-21/h3-4,7,9,11-12,14,23H,1-2,5-6,8,10,13H2,(H,24,25)(H2,27,28,29,30). The van der Waals surface area contributed by atoms with Crippen LogP contribution in [-0.2, 0) is 6.54 Å². The van der Waals surface area contributed by atoms with E-state index in [0.717, 1.165) is 60.2 Å². The SMILES string of the molecule is c1cc(-c2cc(Nc3cnc4ccn(CC5CCNCC5)c4n3)n[nH]2)c2c(n1)NCCO2. The molecule has 164 valence electrons. The van der Waals surface area contributed by atoms with Crippen molar-refractivity contribution in [1.29, 1.82) is 0 Å². The van der Waals surface area contributed by atoms with Crippen molar-refractivity contribution in [2.45, 2.75) is 19.4 Å². The molecule has 0 radical (unpaired) electrons. The van der Waals surface area contributed by atoms with Gasteiger partial charge in [0.25, 0.3) is 0 Å². The summed E-state index contributed by atoms with van der Waals surface area (Å²) in [6.07, 6.45) is 7.98. The number of H-pyrrole nitrogens is 1. The van der Waals surface area contributed by atoms with Crippen LogP contribution in [0.3, 0.4) is 0 Å². The topological polar surface area (TPSA) is 118 Å². The highest BCUT2D eigenvalue weighted by Gasteiger charge is 2.19. The Morgan fingerprint density at radius 1 is 1.12 bits per heavy atom. The summed E-state index contributed by atoms with van der Waals surface area (Å²) in [4.78, 5) is 13.7. The van der Waals surface area contributed by atoms with E-state index in [-0.39, 0.29) is 0 Å². The predicted octanol–water partition coefficient (Wildman–Crippen LogP) is 2.76. The number of piperidine rings is 1. The van der Waals surface area contributed by atoms with E-state index in [1.165, 1.54) is 12.8 Å². The van der Waals surface area contributed by atoms with Crippen LogP contribution >= 0.6 is 0 Å². The molecule has 0 atom stereocenters. The van der Waals surface area contributed by atoms with Gasteiger partial charge in [-0.3, -0.25) is 5.10 Å². The van der Waals surface area contributed by atoms with Crippen LogP contribution in [0.25, 0.3) is 22.4 Å². The van der Waals surface area contributed by atoms with Crippen LogP contribution in [-0.4, -0.2) is 56.0 Å². The molecule has 4 N–H and O–H groups in total. The van der Waals surface area contributed by atoms with Crippen molar-refractivity contribution < 1.29 is 4.74 Å². The number of nitrogens with zero attached hydrogens (tertiary/aromatic N) is 5. The van der Waals surface area contributed by atoms with Gasteiger partial charge in [0.2, 0.25) is 0 Å². The van der Waals surface area contributed by atoms with Crippen molar-refractivity contribution in [3.8, 4) is 17.0 Å². The minimum Gasteiger partial charge on any atom is -0.487 e. The molecule has 2 aliphatic rings. The first kappa shape index (κ1) is 19.1. The summed E-state index contributed by atoms with van der Waals surface area (Å²) in [5.74, 6) is 3.49. The van der Waals surface area contributed by atoms with E-state index in [4.69, 9.17) is 9.72 Å². The molecule has 0 unspecified atom stereocenters. The molecule has 4 aromatic heterocycles. The first-order valence-corrected chi connectivity index (χ1v) is 11.0. The minimum absolute atomic E-state index is 0.609. The third kappa shape index (κ3) is 3.62. The molecule has 1 fully saturated rings. The zero-order chi connectivity index (χ0) is 21.3. The summed E-state index contributed by atoms with van der Waals surface area (Å²) in [5.41, 5.74) is 3.56. The molecule has 32 heavy (non-hydrogen) atoms. The van der Waals surface area contributed by atoms with Gasteiger partial charge in [0, 0.05) is 30.6 Å². The van der Waals surface area contributed by atoms with Crippen molar-refractivity contribution in [3.63, 3.8) is 0 Å². The van der Waals surface area contributed by atoms with Gasteiger partial charge in [-0.25, -0.2) is 15.0 Å². The fraction of sp³-hybridized carbons (Fsp3) is 0.364. The lowest BCUT2D eigenvalue weighted by molar-refractivity contribution is 0.322. The summed E-state index contributed by atoms with van der Waals surface area (Å²) in [7, 11) is 0. The Hall–Kier alpha value is -3.66. The lowest BCUT2D eigenvalue weighted by Gasteiger charge is -2.23. The Kier molecular flexibility index (Phi) is 4.83. The summed E-state index contributed by atoms with van der Waals surface area (Å²) in [5, 5.41) is 17.4.